The maximum absolute atomic E-state index is 12.8. The third kappa shape index (κ3) is 1.95. The van der Waals surface area contributed by atoms with E-state index in [4.69, 9.17) is 22.1 Å². The summed E-state index contributed by atoms with van der Waals surface area (Å²) in [7, 11) is 0. The highest BCUT2D eigenvalue weighted by Crippen LogP contribution is 2.11. The molecule has 0 unspecified atom stereocenters. The molecule has 0 aliphatic carbocycles. The Labute approximate surface area is 78.7 Å². The second-order valence-electron chi connectivity index (χ2n) is 2.20. The van der Waals surface area contributed by atoms with E-state index in [1.165, 1.54) is 12.1 Å². The summed E-state index contributed by atoms with van der Waals surface area (Å²) in [6, 6.07) is 5.25. The van der Waals surface area contributed by atoms with Gasteiger partial charge >= 0.3 is 0 Å². The van der Waals surface area contributed by atoms with Crippen LogP contribution in [0.15, 0.2) is 23.4 Å². The fourth-order valence-electron chi connectivity index (χ4n) is 0.797. The number of oxime groups is 1. The first-order valence-corrected chi connectivity index (χ1v) is 3.64. The number of benzene rings is 1. The van der Waals surface area contributed by atoms with Gasteiger partial charge in [0.2, 0.25) is 0 Å². The lowest BCUT2D eigenvalue weighted by Gasteiger charge is -1.97. The van der Waals surface area contributed by atoms with E-state index in [0.29, 0.717) is 5.56 Å². The van der Waals surface area contributed by atoms with Gasteiger partial charge in [-0.15, -0.1) is 0 Å². The van der Waals surface area contributed by atoms with Crippen LogP contribution in [0, 0.1) is 17.1 Å². The highest BCUT2D eigenvalue weighted by Gasteiger charge is 2.05. The van der Waals surface area contributed by atoms with E-state index in [2.05, 4.69) is 5.16 Å². The Hall–Kier alpha value is -1.60. The minimum Gasteiger partial charge on any atom is -0.410 e. The minimum atomic E-state index is -0.631. The molecule has 1 aromatic rings. The van der Waals surface area contributed by atoms with Crippen molar-refractivity contribution in [2.45, 2.75) is 0 Å². The summed E-state index contributed by atoms with van der Waals surface area (Å²) in [6.45, 7) is 0. The fourth-order valence-corrected chi connectivity index (χ4v) is 0.915. The molecule has 0 aliphatic rings. The van der Waals surface area contributed by atoms with Crippen molar-refractivity contribution in [2.75, 3.05) is 0 Å². The summed E-state index contributed by atoms with van der Waals surface area (Å²) >= 11 is 5.44. The van der Waals surface area contributed by atoms with Crippen molar-refractivity contribution in [3.63, 3.8) is 0 Å². The van der Waals surface area contributed by atoms with E-state index in [0.717, 1.165) is 6.07 Å². The predicted molar refractivity (Wildman–Crippen MR) is 45.3 cm³/mol. The Morgan fingerprint density at radius 1 is 1.62 bits per heavy atom. The van der Waals surface area contributed by atoms with Gasteiger partial charge in [0, 0.05) is 5.56 Å². The van der Waals surface area contributed by atoms with E-state index in [1.54, 1.807) is 6.07 Å². The molecule has 0 saturated carbocycles. The van der Waals surface area contributed by atoms with Gasteiger partial charge in [-0.2, -0.15) is 5.26 Å². The molecule has 66 valence electrons. The van der Waals surface area contributed by atoms with Gasteiger partial charge in [0.05, 0.1) is 5.56 Å². The fraction of sp³-hybridized carbons (Fsp3) is 0. The summed E-state index contributed by atoms with van der Waals surface area (Å²) in [6.07, 6.45) is 0. The van der Waals surface area contributed by atoms with Gasteiger partial charge < -0.3 is 5.21 Å². The monoisotopic (exact) mass is 198 g/mol. The van der Waals surface area contributed by atoms with Gasteiger partial charge in [-0.25, -0.2) is 4.39 Å². The number of hydrogen-bond donors (Lipinski definition) is 1. The smallest absolute Gasteiger partial charge is 0.175 e. The van der Waals surface area contributed by atoms with Gasteiger partial charge in [0.1, 0.15) is 11.9 Å². The largest absolute Gasteiger partial charge is 0.410 e. The Morgan fingerprint density at radius 3 is 2.85 bits per heavy atom. The van der Waals surface area contributed by atoms with E-state index < -0.39 is 5.82 Å². The molecule has 0 bridgehead atoms. The van der Waals surface area contributed by atoms with Crippen molar-refractivity contribution in [3.8, 4) is 6.07 Å². The van der Waals surface area contributed by atoms with Crippen molar-refractivity contribution in [3.05, 3.63) is 35.1 Å². The van der Waals surface area contributed by atoms with E-state index in [-0.39, 0.29) is 10.7 Å². The summed E-state index contributed by atoms with van der Waals surface area (Å²) in [5.74, 6) is -0.631. The van der Waals surface area contributed by atoms with Crippen LogP contribution in [0.2, 0.25) is 0 Å². The van der Waals surface area contributed by atoms with Crippen molar-refractivity contribution < 1.29 is 9.60 Å². The van der Waals surface area contributed by atoms with Crippen LogP contribution in [-0.2, 0) is 0 Å². The van der Waals surface area contributed by atoms with Crippen molar-refractivity contribution in [1.29, 1.82) is 5.26 Å². The Balaban J connectivity index is 3.23. The molecule has 0 heterocycles. The molecule has 0 radical (unpaired) electrons. The van der Waals surface area contributed by atoms with Crippen LogP contribution in [0.3, 0.4) is 0 Å². The number of hydrogen-bond acceptors (Lipinski definition) is 3. The predicted octanol–water partition coefficient (Wildman–Crippen LogP) is 2.07. The van der Waals surface area contributed by atoms with Gasteiger partial charge in [0.15, 0.2) is 5.17 Å². The van der Waals surface area contributed by atoms with E-state index in [9.17, 15) is 4.39 Å². The number of nitrogens with zero attached hydrogens (tertiary/aromatic N) is 2. The molecule has 0 atom stereocenters. The molecular formula is C8H4ClFN2O. The maximum Gasteiger partial charge on any atom is 0.175 e. The maximum atomic E-state index is 12.8. The van der Waals surface area contributed by atoms with Gasteiger partial charge in [-0.3, -0.25) is 0 Å². The Bertz CT molecular complexity index is 398. The molecule has 0 spiro atoms. The molecule has 3 nitrogen and oxygen atoms in total. The van der Waals surface area contributed by atoms with Gasteiger partial charge in [-0.05, 0) is 18.2 Å². The van der Waals surface area contributed by atoms with Crippen molar-refractivity contribution in [2.24, 2.45) is 5.16 Å². The van der Waals surface area contributed by atoms with Crippen LogP contribution < -0.4 is 0 Å². The second kappa shape index (κ2) is 3.87. The highest BCUT2D eigenvalue weighted by molar-refractivity contribution is 6.69. The van der Waals surface area contributed by atoms with Crippen LogP contribution in [0.25, 0.3) is 0 Å². The van der Waals surface area contributed by atoms with E-state index >= 15 is 0 Å². The zero-order valence-corrected chi connectivity index (χ0v) is 7.09. The van der Waals surface area contributed by atoms with Gasteiger partial charge in [-0.1, -0.05) is 16.8 Å². The second-order valence-corrected chi connectivity index (χ2v) is 2.56. The van der Waals surface area contributed by atoms with Crippen LogP contribution >= 0.6 is 11.6 Å². The molecule has 13 heavy (non-hydrogen) atoms. The minimum absolute atomic E-state index is 0.140. The van der Waals surface area contributed by atoms with Crippen LogP contribution in [0.1, 0.15) is 11.1 Å². The van der Waals surface area contributed by atoms with Crippen LogP contribution in [0.5, 0.6) is 0 Å². The molecule has 0 amide bonds. The number of nitriles is 1. The number of halogens is 2. The molecule has 0 saturated heterocycles. The van der Waals surface area contributed by atoms with Crippen molar-refractivity contribution >= 4 is 16.8 Å². The SMILES string of the molecule is N#Cc1cc(/C(Cl)=N\O)ccc1F. The Kier molecular flexibility index (Phi) is 2.83. The first-order chi connectivity index (χ1) is 6.19. The molecular weight excluding hydrogens is 195 g/mol. The molecule has 1 rings (SSSR count). The first-order valence-electron chi connectivity index (χ1n) is 3.26. The Morgan fingerprint density at radius 2 is 2.31 bits per heavy atom. The lowest BCUT2D eigenvalue weighted by molar-refractivity contribution is 0.321. The topological polar surface area (TPSA) is 56.4 Å². The first kappa shape index (κ1) is 9.49. The van der Waals surface area contributed by atoms with Crippen LogP contribution in [-0.4, -0.2) is 10.4 Å². The average Bonchev–Trinajstić information content (AvgIpc) is 2.17. The van der Waals surface area contributed by atoms with Crippen LogP contribution in [0.4, 0.5) is 4.39 Å². The molecule has 0 fully saturated rings. The highest BCUT2D eigenvalue weighted by atomic mass is 35.5. The average molecular weight is 199 g/mol. The normalized spacial score (nSPS) is 11.0. The summed E-state index contributed by atoms with van der Waals surface area (Å²) in [5.41, 5.74) is 0.154. The van der Waals surface area contributed by atoms with E-state index in [1.807, 2.05) is 0 Å². The third-order valence-electron chi connectivity index (χ3n) is 1.41. The zero-order valence-electron chi connectivity index (χ0n) is 6.33. The summed E-state index contributed by atoms with van der Waals surface area (Å²) < 4.78 is 12.8. The quantitative estimate of drug-likeness (QED) is 0.427. The third-order valence-corrected chi connectivity index (χ3v) is 1.71. The summed E-state index contributed by atoms with van der Waals surface area (Å²) in [4.78, 5) is 0. The van der Waals surface area contributed by atoms with Gasteiger partial charge in [0.25, 0.3) is 0 Å². The molecule has 1 aromatic carbocycles. The standard InChI is InChI=1S/C8H4ClFN2O/c9-8(12-13)5-1-2-7(10)6(3-5)4-11/h1-3,13H/b12-8+. The lowest BCUT2D eigenvalue weighted by atomic mass is 10.1. The molecule has 1 N–H and O–H groups in total. The number of rotatable bonds is 1. The molecule has 5 heteroatoms. The zero-order chi connectivity index (χ0) is 9.84. The molecule has 0 aromatic heterocycles. The van der Waals surface area contributed by atoms with Crippen molar-refractivity contribution in [1.82, 2.24) is 0 Å². The molecule has 0 aliphatic heterocycles. The summed E-state index contributed by atoms with van der Waals surface area (Å²) in [5, 5.41) is 19.3. The lowest BCUT2D eigenvalue weighted by Crippen LogP contribution is -1.93.